The van der Waals surface area contributed by atoms with Gasteiger partial charge in [0.05, 0.1) is 33.5 Å². The van der Waals surface area contributed by atoms with E-state index in [-0.39, 0.29) is 0 Å². The smallest absolute Gasteiger partial charge is 0.160 e. The molecule has 10 rings (SSSR count). The monoisotopic (exact) mass is 638 g/mol. The maximum atomic E-state index is 5.08. The first-order valence-corrected chi connectivity index (χ1v) is 16.9. The van der Waals surface area contributed by atoms with E-state index in [0.29, 0.717) is 5.82 Å². The van der Waals surface area contributed by atoms with Crippen LogP contribution in [0.15, 0.2) is 182 Å². The van der Waals surface area contributed by atoms with Gasteiger partial charge in [0.1, 0.15) is 0 Å². The molecule has 3 heterocycles. The summed E-state index contributed by atoms with van der Waals surface area (Å²) in [5.41, 5.74) is 11.9. The van der Waals surface area contributed by atoms with Gasteiger partial charge in [-0.15, -0.1) is 0 Å². The quantitative estimate of drug-likeness (QED) is 0.188. The predicted molar refractivity (Wildman–Crippen MR) is 207 cm³/mol. The summed E-state index contributed by atoms with van der Waals surface area (Å²) in [5.74, 6) is 0.700. The zero-order valence-electron chi connectivity index (χ0n) is 27.1. The molecule has 50 heavy (non-hydrogen) atoms. The van der Waals surface area contributed by atoms with E-state index in [4.69, 9.17) is 9.97 Å². The van der Waals surface area contributed by atoms with Crippen molar-refractivity contribution in [3.8, 4) is 45.3 Å². The zero-order chi connectivity index (χ0) is 33.0. The Kier molecular flexibility index (Phi) is 6.46. The van der Waals surface area contributed by atoms with Gasteiger partial charge in [0.2, 0.25) is 0 Å². The highest BCUT2D eigenvalue weighted by molar-refractivity contribution is 6.23. The Morgan fingerprint density at radius 1 is 0.320 bits per heavy atom. The number of fused-ring (bicyclic) bond motifs is 7. The number of hydrogen-bond acceptors (Lipinski definition) is 2. The van der Waals surface area contributed by atoms with Crippen LogP contribution in [-0.4, -0.2) is 19.1 Å². The zero-order valence-corrected chi connectivity index (χ0v) is 27.1. The standard InChI is InChI=1S/C46H30N4/c1-4-14-31(15-5-1)40-30-41(32-16-6-2-7-17-32)48-46(47-40)33-24-26-35(27-25-33)50-43-23-13-11-21-37(43)39-29-28-38-36-20-10-12-22-42(36)49(44(38)45(39)50)34-18-8-3-9-19-34/h1-30H. The van der Waals surface area contributed by atoms with E-state index in [0.717, 1.165) is 39.5 Å². The van der Waals surface area contributed by atoms with Crippen molar-refractivity contribution in [2.45, 2.75) is 0 Å². The van der Waals surface area contributed by atoms with E-state index < -0.39 is 0 Å². The van der Waals surface area contributed by atoms with Crippen LogP contribution < -0.4 is 0 Å². The van der Waals surface area contributed by atoms with Crippen LogP contribution in [0.25, 0.3) is 88.9 Å². The van der Waals surface area contributed by atoms with Crippen LogP contribution in [0.1, 0.15) is 0 Å². The fraction of sp³-hybridized carbons (Fsp3) is 0. The lowest BCUT2D eigenvalue weighted by Crippen LogP contribution is -1.99. The molecule has 0 amide bonds. The fourth-order valence-electron chi connectivity index (χ4n) is 7.46. The van der Waals surface area contributed by atoms with Crippen molar-refractivity contribution < 1.29 is 0 Å². The molecule has 4 nitrogen and oxygen atoms in total. The Morgan fingerprint density at radius 2 is 0.740 bits per heavy atom. The van der Waals surface area contributed by atoms with Crippen LogP contribution in [-0.2, 0) is 0 Å². The third kappa shape index (κ3) is 4.46. The molecule has 0 saturated heterocycles. The van der Waals surface area contributed by atoms with E-state index in [1.165, 1.54) is 43.6 Å². The lowest BCUT2D eigenvalue weighted by atomic mass is 10.1. The maximum Gasteiger partial charge on any atom is 0.160 e. The number of para-hydroxylation sites is 3. The minimum Gasteiger partial charge on any atom is -0.307 e. The van der Waals surface area contributed by atoms with Gasteiger partial charge in [0.15, 0.2) is 5.82 Å². The van der Waals surface area contributed by atoms with Crippen LogP contribution in [0.3, 0.4) is 0 Å². The molecule has 3 aromatic heterocycles. The van der Waals surface area contributed by atoms with Crippen LogP contribution in [0.2, 0.25) is 0 Å². The minimum absolute atomic E-state index is 0.700. The number of hydrogen-bond donors (Lipinski definition) is 0. The molecule has 0 aliphatic heterocycles. The second-order valence-electron chi connectivity index (χ2n) is 12.6. The Hall–Kier alpha value is -6.78. The van der Waals surface area contributed by atoms with E-state index in [9.17, 15) is 0 Å². The third-order valence-electron chi connectivity index (χ3n) is 9.73. The average Bonchev–Trinajstić information content (AvgIpc) is 3.72. The topological polar surface area (TPSA) is 35.6 Å². The molecule has 0 N–H and O–H groups in total. The summed E-state index contributed by atoms with van der Waals surface area (Å²) in [6.07, 6.45) is 0. The Balaban J connectivity index is 1.21. The van der Waals surface area contributed by atoms with Crippen molar-refractivity contribution in [3.05, 3.63) is 182 Å². The van der Waals surface area contributed by atoms with E-state index in [1.807, 2.05) is 36.4 Å². The summed E-state index contributed by atoms with van der Waals surface area (Å²) >= 11 is 0. The van der Waals surface area contributed by atoms with Gasteiger partial charge >= 0.3 is 0 Å². The summed E-state index contributed by atoms with van der Waals surface area (Å²) in [6, 6.07) is 64.2. The summed E-state index contributed by atoms with van der Waals surface area (Å²) in [5, 5.41) is 4.93. The molecular weight excluding hydrogens is 609 g/mol. The van der Waals surface area contributed by atoms with Gasteiger partial charge in [0.25, 0.3) is 0 Å². The number of benzene rings is 7. The normalized spacial score (nSPS) is 11.6. The van der Waals surface area contributed by atoms with Gasteiger partial charge in [0, 0.05) is 49.6 Å². The second kappa shape index (κ2) is 11.4. The van der Waals surface area contributed by atoms with E-state index >= 15 is 0 Å². The molecule has 0 unspecified atom stereocenters. The van der Waals surface area contributed by atoms with Gasteiger partial charge < -0.3 is 9.13 Å². The number of nitrogens with zero attached hydrogens (tertiary/aromatic N) is 4. The van der Waals surface area contributed by atoms with Crippen molar-refractivity contribution >= 4 is 43.6 Å². The molecule has 0 saturated carbocycles. The van der Waals surface area contributed by atoms with Crippen molar-refractivity contribution in [2.24, 2.45) is 0 Å². The van der Waals surface area contributed by atoms with E-state index in [1.54, 1.807) is 0 Å². The first-order valence-electron chi connectivity index (χ1n) is 16.9. The summed E-state index contributed by atoms with van der Waals surface area (Å²) in [7, 11) is 0. The predicted octanol–water partition coefficient (Wildman–Crippen LogP) is 11.7. The minimum atomic E-state index is 0.700. The number of rotatable bonds is 5. The van der Waals surface area contributed by atoms with Crippen LogP contribution in [0.4, 0.5) is 0 Å². The summed E-state index contributed by atoms with van der Waals surface area (Å²) in [4.78, 5) is 10.2. The highest BCUT2D eigenvalue weighted by Gasteiger charge is 2.21. The Labute approximate surface area is 289 Å². The maximum absolute atomic E-state index is 5.08. The molecule has 0 fully saturated rings. The molecule has 7 aromatic carbocycles. The van der Waals surface area contributed by atoms with Crippen molar-refractivity contribution in [2.75, 3.05) is 0 Å². The SMILES string of the molecule is c1ccc(-c2cc(-c3ccccc3)nc(-c3ccc(-n4c5ccccc5c5ccc6c7ccccc7n(-c7ccccc7)c6c54)cc3)n2)cc1. The van der Waals surface area contributed by atoms with Gasteiger partial charge in [-0.25, -0.2) is 9.97 Å². The Bertz CT molecular complexity index is 2770. The van der Waals surface area contributed by atoms with Gasteiger partial charge in [-0.3, -0.25) is 0 Å². The second-order valence-corrected chi connectivity index (χ2v) is 12.6. The highest BCUT2D eigenvalue weighted by atomic mass is 15.0. The third-order valence-corrected chi connectivity index (χ3v) is 9.73. The molecule has 0 radical (unpaired) electrons. The molecule has 0 bridgehead atoms. The van der Waals surface area contributed by atoms with Crippen molar-refractivity contribution in [1.29, 1.82) is 0 Å². The van der Waals surface area contributed by atoms with Gasteiger partial charge in [-0.2, -0.15) is 0 Å². The first-order chi connectivity index (χ1) is 24.8. The average molecular weight is 639 g/mol. The highest BCUT2D eigenvalue weighted by Crippen LogP contribution is 2.41. The van der Waals surface area contributed by atoms with Crippen LogP contribution >= 0.6 is 0 Å². The summed E-state index contributed by atoms with van der Waals surface area (Å²) in [6.45, 7) is 0. The lowest BCUT2D eigenvalue weighted by Gasteiger charge is -2.13. The molecule has 10 aromatic rings. The van der Waals surface area contributed by atoms with Crippen LogP contribution in [0, 0.1) is 0 Å². The molecule has 234 valence electrons. The molecule has 0 aliphatic rings. The van der Waals surface area contributed by atoms with Crippen LogP contribution in [0.5, 0.6) is 0 Å². The van der Waals surface area contributed by atoms with Gasteiger partial charge in [-0.05, 0) is 54.6 Å². The number of aromatic nitrogens is 4. The van der Waals surface area contributed by atoms with Crippen molar-refractivity contribution in [1.82, 2.24) is 19.1 Å². The molecule has 0 atom stereocenters. The fourth-order valence-corrected chi connectivity index (χ4v) is 7.46. The lowest BCUT2D eigenvalue weighted by molar-refractivity contribution is 1.14. The molecule has 4 heteroatoms. The Morgan fingerprint density at radius 3 is 1.24 bits per heavy atom. The molecule has 0 aliphatic carbocycles. The van der Waals surface area contributed by atoms with Crippen molar-refractivity contribution in [3.63, 3.8) is 0 Å². The summed E-state index contributed by atoms with van der Waals surface area (Å²) < 4.78 is 4.84. The largest absolute Gasteiger partial charge is 0.307 e. The molecular formula is C46H30N4. The van der Waals surface area contributed by atoms with E-state index in [2.05, 4.69) is 155 Å². The van der Waals surface area contributed by atoms with Gasteiger partial charge in [-0.1, -0.05) is 127 Å². The first kappa shape index (κ1) is 28.3. The molecule has 0 spiro atoms.